The first kappa shape index (κ1) is 25.2. The van der Waals surface area contributed by atoms with Crippen molar-refractivity contribution in [2.75, 3.05) is 24.0 Å². The Bertz CT molecular complexity index is 1200. The van der Waals surface area contributed by atoms with Crippen LogP contribution in [0.25, 0.3) is 0 Å². The van der Waals surface area contributed by atoms with Crippen molar-refractivity contribution in [3.05, 3.63) is 89.7 Å². The van der Waals surface area contributed by atoms with Gasteiger partial charge in [-0.15, -0.1) is 0 Å². The molecule has 0 radical (unpaired) electrons. The van der Waals surface area contributed by atoms with Gasteiger partial charge in [0.05, 0.1) is 17.2 Å². The molecule has 0 aliphatic rings. The summed E-state index contributed by atoms with van der Waals surface area (Å²) in [6, 6.07) is 19.1. The van der Waals surface area contributed by atoms with Crippen LogP contribution in [0.1, 0.15) is 24.5 Å². The monoisotopic (exact) mass is 484 g/mol. The maximum Gasteiger partial charge on any atom is 0.264 e. The van der Waals surface area contributed by atoms with Gasteiger partial charge in [0.25, 0.3) is 10.0 Å². The van der Waals surface area contributed by atoms with Crippen LogP contribution < -0.4 is 14.4 Å². The minimum atomic E-state index is -4.10. The Balaban J connectivity index is 1.72. The molecule has 8 heteroatoms. The molecule has 0 saturated heterocycles. The van der Waals surface area contributed by atoms with Gasteiger partial charge in [-0.3, -0.25) is 9.10 Å². The minimum absolute atomic E-state index is 0.102. The van der Waals surface area contributed by atoms with Crippen molar-refractivity contribution in [2.45, 2.75) is 31.6 Å². The van der Waals surface area contributed by atoms with Crippen molar-refractivity contribution < 1.29 is 22.3 Å². The maximum atomic E-state index is 13.4. The summed E-state index contributed by atoms with van der Waals surface area (Å²) >= 11 is 0. The third-order valence-corrected chi connectivity index (χ3v) is 6.96. The van der Waals surface area contributed by atoms with Crippen LogP contribution >= 0.6 is 0 Å². The third-order valence-electron chi connectivity index (χ3n) is 5.17. The normalized spacial score (nSPS) is 11.1. The number of carbonyl (C=O) groups is 1. The summed E-state index contributed by atoms with van der Waals surface area (Å²) in [6.07, 6.45) is 1.53. The van der Waals surface area contributed by atoms with Gasteiger partial charge in [-0.05, 0) is 80.8 Å². The van der Waals surface area contributed by atoms with Gasteiger partial charge in [-0.1, -0.05) is 29.8 Å². The van der Waals surface area contributed by atoms with Crippen LogP contribution in [0.5, 0.6) is 5.75 Å². The molecular formula is C26H29FN2O4S. The van der Waals surface area contributed by atoms with Crippen LogP contribution in [0.3, 0.4) is 0 Å². The Morgan fingerprint density at radius 3 is 2.38 bits per heavy atom. The van der Waals surface area contributed by atoms with E-state index in [1.165, 1.54) is 23.3 Å². The van der Waals surface area contributed by atoms with Gasteiger partial charge >= 0.3 is 0 Å². The van der Waals surface area contributed by atoms with Gasteiger partial charge in [0, 0.05) is 6.54 Å². The molecule has 0 atom stereocenters. The van der Waals surface area contributed by atoms with Crippen LogP contribution in [-0.4, -0.2) is 34.0 Å². The highest BCUT2D eigenvalue weighted by atomic mass is 32.2. The lowest BCUT2D eigenvalue weighted by atomic mass is 10.1. The quantitative estimate of drug-likeness (QED) is 0.407. The average molecular weight is 485 g/mol. The predicted octanol–water partition coefficient (Wildman–Crippen LogP) is 4.48. The highest BCUT2D eigenvalue weighted by Crippen LogP contribution is 2.26. The van der Waals surface area contributed by atoms with Crippen molar-refractivity contribution in [1.29, 1.82) is 0 Å². The summed E-state index contributed by atoms with van der Waals surface area (Å²) in [5.41, 5.74) is 2.67. The van der Waals surface area contributed by atoms with Crippen LogP contribution in [0.2, 0.25) is 0 Å². The molecule has 0 aliphatic heterocycles. The second kappa shape index (κ2) is 11.7. The van der Waals surface area contributed by atoms with Crippen molar-refractivity contribution >= 4 is 21.6 Å². The van der Waals surface area contributed by atoms with E-state index in [2.05, 4.69) is 11.4 Å². The number of hydrogen-bond donors (Lipinski definition) is 1. The van der Waals surface area contributed by atoms with E-state index < -0.39 is 28.3 Å². The molecular weight excluding hydrogens is 455 g/mol. The first-order valence-electron chi connectivity index (χ1n) is 11.1. The number of amides is 1. The predicted molar refractivity (Wildman–Crippen MR) is 131 cm³/mol. The zero-order valence-electron chi connectivity index (χ0n) is 19.3. The Morgan fingerprint density at radius 2 is 1.74 bits per heavy atom. The van der Waals surface area contributed by atoms with Gasteiger partial charge in [-0.2, -0.15) is 0 Å². The average Bonchev–Trinajstić information content (AvgIpc) is 2.81. The number of nitrogens with zero attached hydrogens (tertiary/aromatic N) is 1. The Hall–Kier alpha value is -3.39. The molecule has 0 aromatic heterocycles. The third kappa shape index (κ3) is 6.81. The van der Waals surface area contributed by atoms with E-state index in [4.69, 9.17) is 4.74 Å². The fourth-order valence-electron chi connectivity index (χ4n) is 3.50. The highest BCUT2D eigenvalue weighted by Gasteiger charge is 2.27. The molecule has 0 fully saturated rings. The molecule has 1 amide bonds. The molecule has 3 aromatic rings. The van der Waals surface area contributed by atoms with Gasteiger partial charge in [0.2, 0.25) is 5.91 Å². The van der Waals surface area contributed by atoms with E-state index in [0.717, 1.165) is 29.3 Å². The number of hydrogen-bond acceptors (Lipinski definition) is 4. The first-order chi connectivity index (χ1) is 16.3. The molecule has 3 rings (SSSR count). The van der Waals surface area contributed by atoms with Crippen molar-refractivity contribution in [3.8, 4) is 5.75 Å². The number of anilines is 1. The van der Waals surface area contributed by atoms with E-state index in [0.29, 0.717) is 24.6 Å². The number of carbonyl (C=O) groups excluding carboxylic acids is 1. The standard InChI is InChI=1S/C26H29FN2O4S/c1-3-33-24-13-11-23(12-14-24)29(34(31,32)25-15-9-22(27)10-16-25)19-26(30)28-17-5-8-21-7-4-6-20(2)18-21/h4,6-7,9-16,18H,3,5,8,17,19H2,1-2H3,(H,28,30). The molecule has 3 aromatic carbocycles. The number of benzene rings is 3. The fourth-order valence-corrected chi connectivity index (χ4v) is 4.92. The number of rotatable bonds is 11. The molecule has 6 nitrogen and oxygen atoms in total. The first-order valence-corrected chi connectivity index (χ1v) is 12.6. The second-order valence-corrected chi connectivity index (χ2v) is 9.70. The Kier molecular flexibility index (Phi) is 8.65. The maximum absolute atomic E-state index is 13.4. The lowest BCUT2D eigenvalue weighted by molar-refractivity contribution is -0.119. The summed E-state index contributed by atoms with van der Waals surface area (Å²) in [5, 5.41) is 2.80. The molecule has 180 valence electrons. The summed E-state index contributed by atoms with van der Waals surface area (Å²) < 4.78 is 46.5. The number of aryl methyl sites for hydroxylation is 2. The molecule has 1 N–H and O–H groups in total. The van der Waals surface area contributed by atoms with Gasteiger partial charge in [-0.25, -0.2) is 12.8 Å². The van der Waals surface area contributed by atoms with Crippen molar-refractivity contribution in [2.24, 2.45) is 0 Å². The van der Waals surface area contributed by atoms with Gasteiger partial charge in [0.15, 0.2) is 0 Å². The fraction of sp³-hybridized carbons (Fsp3) is 0.269. The van der Waals surface area contributed by atoms with E-state index in [1.54, 1.807) is 24.3 Å². The highest BCUT2D eigenvalue weighted by molar-refractivity contribution is 7.92. The lowest BCUT2D eigenvalue weighted by Gasteiger charge is -2.24. The number of sulfonamides is 1. The van der Waals surface area contributed by atoms with Crippen molar-refractivity contribution in [3.63, 3.8) is 0 Å². The van der Waals surface area contributed by atoms with Crippen LogP contribution in [0, 0.1) is 12.7 Å². The van der Waals surface area contributed by atoms with E-state index in [9.17, 15) is 17.6 Å². The Labute approximate surface area is 200 Å². The zero-order chi connectivity index (χ0) is 24.6. The smallest absolute Gasteiger partial charge is 0.264 e. The van der Waals surface area contributed by atoms with E-state index >= 15 is 0 Å². The molecule has 0 aliphatic carbocycles. The van der Waals surface area contributed by atoms with Gasteiger partial charge < -0.3 is 10.1 Å². The molecule has 0 bridgehead atoms. The molecule has 0 spiro atoms. The summed E-state index contributed by atoms with van der Waals surface area (Å²) in [4.78, 5) is 12.6. The second-order valence-electron chi connectivity index (χ2n) is 7.84. The summed E-state index contributed by atoms with van der Waals surface area (Å²) in [7, 11) is -4.10. The van der Waals surface area contributed by atoms with E-state index in [-0.39, 0.29) is 4.90 Å². The number of ether oxygens (including phenoxy) is 1. The molecule has 0 saturated carbocycles. The van der Waals surface area contributed by atoms with Crippen LogP contribution in [0.4, 0.5) is 10.1 Å². The van der Waals surface area contributed by atoms with Crippen molar-refractivity contribution in [1.82, 2.24) is 5.32 Å². The van der Waals surface area contributed by atoms with Gasteiger partial charge in [0.1, 0.15) is 18.1 Å². The SMILES string of the molecule is CCOc1ccc(N(CC(=O)NCCCc2cccc(C)c2)S(=O)(=O)c2ccc(F)cc2)cc1. The lowest BCUT2D eigenvalue weighted by Crippen LogP contribution is -2.41. The topological polar surface area (TPSA) is 75.7 Å². The number of halogens is 1. The molecule has 0 unspecified atom stereocenters. The van der Waals surface area contributed by atoms with E-state index in [1.807, 2.05) is 32.0 Å². The summed E-state index contributed by atoms with van der Waals surface area (Å²) in [6.45, 7) is 4.37. The molecule has 34 heavy (non-hydrogen) atoms. The zero-order valence-corrected chi connectivity index (χ0v) is 20.1. The summed E-state index contributed by atoms with van der Waals surface area (Å²) in [5.74, 6) is -0.382. The number of nitrogens with one attached hydrogen (secondary N) is 1. The Morgan fingerprint density at radius 1 is 1.03 bits per heavy atom. The largest absolute Gasteiger partial charge is 0.494 e. The van der Waals surface area contributed by atoms with Crippen LogP contribution in [0.15, 0.2) is 77.7 Å². The molecule has 0 heterocycles. The van der Waals surface area contributed by atoms with Crippen LogP contribution in [-0.2, 0) is 21.2 Å². The minimum Gasteiger partial charge on any atom is -0.494 e.